The Labute approximate surface area is 143 Å². The fourth-order valence-corrected chi connectivity index (χ4v) is 3.24. The number of nitrogens with zero attached hydrogens (tertiary/aromatic N) is 2. The minimum atomic E-state index is -1.07. The molecular formula is C16H19BrN2O4. The SMILES string of the molecule is CCCN(CC(=O)O)C(=O)C1CCN(c2ccccc2Br)C1=O. The lowest BCUT2D eigenvalue weighted by Crippen LogP contribution is -2.43. The molecule has 23 heavy (non-hydrogen) atoms. The molecule has 1 saturated heterocycles. The number of anilines is 1. The van der Waals surface area contributed by atoms with Crippen LogP contribution in [0.25, 0.3) is 0 Å². The molecule has 1 fully saturated rings. The normalized spacial score (nSPS) is 17.4. The lowest BCUT2D eigenvalue weighted by Gasteiger charge is -2.23. The van der Waals surface area contributed by atoms with E-state index in [0.717, 1.165) is 10.2 Å². The standard InChI is InChI=1S/C16H19BrN2O4/c1-2-8-18(10-14(20)21)15(22)11-7-9-19(16(11)23)13-6-4-3-5-12(13)17/h3-6,11H,2,7-10H2,1H3,(H,20,21). The van der Waals surface area contributed by atoms with Crippen LogP contribution in [0.5, 0.6) is 0 Å². The number of halogens is 1. The van der Waals surface area contributed by atoms with Crippen molar-refractivity contribution < 1.29 is 19.5 Å². The van der Waals surface area contributed by atoms with Crippen molar-refractivity contribution in [2.45, 2.75) is 19.8 Å². The number of hydrogen-bond donors (Lipinski definition) is 1. The Kier molecular flexibility index (Phi) is 5.76. The molecule has 1 aliphatic heterocycles. The number of para-hydroxylation sites is 1. The third-order valence-electron chi connectivity index (χ3n) is 3.78. The number of carboxylic acids is 1. The van der Waals surface area contributed by atoms with E-state index in [9.17, 15) is 14.4 Å². The molecule has 1 atom stereocenters. The monoisotopic (exact) mass is 382 g/mol. The van der Waals surface area contributed by atoms with Gasteiger partial charge >= 0.3 is 5.97 Å². The first kappa shape index (κ1) is 17.5. The number of aliphatic carboxylic acids is 1. The van der Waals surface area contributed by atoms with Crippen LogP contribution in [0.4, 0.5) is 5.69 Å². The van der Waals surface area contributed by atoms with Crippen LogP contribution in [0, 0.1) is 5.92 Å². The summed E-state index contributed by atoms with van der Waals surface area (Å²) in [5, 5.41) is 8.94. The zero-order chi connectivity index (χ0) is 17.0. The Morgan fingerprint density at radius 1 is 1.39 bits per heavy atom. The Bertz CT molecular complexity index is 620. The summed E-state index contributed by atoms with van der Waals surface area (Å²) in [5.74, 6) is -2.53. The molecule has 1 N–H and O–H groups in total. The van der Waals surface area contributed by atoms with Crippen molar-refractivity contribution in [1.82, 2.24) is 4.90 Å². The van der Waals surface area contributed by atoms with E-state index >= 15 is 0 Å². The van der Waals surface area contributed by atoms with Crippen LogP contribution in [-0.2, 0) is 14.4 Å². The van der Waals surface area contributed by atoms with Gasteiger partial charge in [-0.3, -0.25) is 14.4 Å². The van der Waals surface area contributed by atoms with Crippen molar-refractivity contribution in [1.29, 1.82) is 0 Å². The fraction of sp³-hybridized carbons (Fsp3) is 0.438. The topological polar surface area (TPSA) is 77.9 Å². The van der Waals surface area contributed by atoms with E-state index in [1.165, 1.54) is 4.90 Å². The number of hydrogen-bond acceptors (Lipinski definition) is 3. The summed E-state index contributed by atoms with van der Waals surface area (Å²) in [7, 11) is 0. The maximum atomic E-state index is 12.6. The highest BCUT2D eigenvalue weighted by Gasteiger charge is 2.40. The molecule has 1 heterocycles. The molecule has 2 amide bonds. The zero-order valence-electron chi connectivity index (χ0n) is 12.9. The van der Waals surface area contributed by atoms with E-state index < -0.39 is 17.8 Å². The average molecular weight is 383 g/mol. The van der Waals surface area contributed by atoms with Gasteiger partial charge in [0.1, 0.15) is 12.5 Å². The van der Waals surface area contributed by atoms with Crippen molar-refractivity contribution in [2.75, 3.05) is 24.5 Å². The number of amides is 2. The van der Waals surface area contributed by atoms with Gasteiger partial charge in [0.2, 0.25) is 11.8 Å². The Morgan fingerprint density at radius 3 is 2.70 bits per heavy atom. The Hall–Kier alpha value is -1.89. The van der Waals surface area contributed by atoms with Gasteiger partial charge in [-0.2, -0.15) is 0 Å². The van der Waals surface area contributed by atoms with Crippen LogP contribution in [0.15, 0.2) is 28.7 Å². The van der Waals surface area contributed by atoms with E-state index in [2.05, 4.69) is 15.9 Å². The number of carboxylic acid groups (broad SMARTS) is 1. The summed E-state index contributed by atoms with van der Waals surface area (Å²) in [6.45, 7) is 2.28. The third-order valence-corrected chi connectivity index (χ3v) is 4.45. The van der Waals surface area contributed by atoms with Crippen LogP contribution in [0.2, 0.25) is 0 Å². The van der Waals surface area contributed by atoms with Crippen LogP contribution < -0.4 is 4.90 Å². The van der Waals surface area contributed by atoms with Gasteiger partial charge in [-0.05, 0) is 40.9 Å². The van der Waals surface area contributed by atoms with Gasteiger partial charge in [0.15, 0.2) is 0 Å². The second kappa shape index (κ2) is 7.59. The predicted molar refractivity (Wildman–Crippen MR) is 89.1 cm³/mol. The molecule has 0 aromatic heterocycles. The van der Waals surface area contributed by atoms with Crippen molar-refractivity contribution in [3.05, 3.63) is 28.7 Å². The molecule has 7 heteroatoms. The molecule has 6 nitrogen and oxygen atoms in total. The maximum absolute atomic E-state index is 12.6. The van der Waals surface area contributed by atoms with E-state index in [1.807, 2.05) is 31.2 Å². The summed E-state index contributed by atoms with van der Waals surface area (Å²) in [5.41, 5.74) is 0.730. The van der Waals surface area contributed by atoms with Crippen LogP contribution in [0.3, 0.4) is 0 Å². The molecule has 1 aromatic carbocycles. The minimum absolute atomic E-state index is 0.270. The van der Waals surface area contributed by atoms with E-state index in [1.54, 1.807) is 4.90 Å². The largest absolute Gasteiger partial charge is 0.480 e. The first-order valence-electron chi connectivity index (χ1n) is 7.52. The van der Waals surface area contributed by atoms with Gasteiger partial charge in [0, 0.05) is 17.6 Å². The van der Waals surface area contributed by atoms with E-state index in [0.29, 0.717) is 25.9 Å². The quantitative estimate of drug-likeness (QED) is 0.764. The summed E-state index contributed by atoms with van der Waals surface area (Å²) in [4.78, 5) is 38.9. The lowest BCUT2D eigenvalue weighted by atomic mass is 10.1. The first-order chi connectivity index (χ1) is 11.0. The molecule has 0 bridgehead atoms. The fourth-order valence-electron chi connectivity index (χ4n) is 2.74. The van der Waals surface area contributed by atoms with Crippen molar-refractivity contribution in [3.63, 3.8) is 0 Å². The van der Waals surface area contributed by atoms with Crippen molar-refractivity contribution in [3.8, 4) is 0 Å². The molecule has 2 rings (SSSR count). The highest BCUT2D eigenvalue weighted by atomic mass is 79.9. The molecule has 0 aliphatic carbocycles. The van der Waals surface area contributed by atoms with Gasteiger partial charge < -0.3 is 14.9 Å². The van der Waals surface area contributed by atoms with Crippen LogP contribution in [0.1, 0.15) is 19.8 Å². The smallest absolute Gasteiger partial charge is 0.323 e. The average Bonchev–Trinajstić information content (AvgIpc) is 2.88. The number of carbonyl (C=O) groups is 3. The molecule has 1 aromatic rings. The summed E-state index contributed by atoms with van der Waals surface area (Å²) >= 11 is 3.41. The van der Waals surface area contributed by atoms with Gasteiger partial charge in [-0.1, -0.05) is 19.1 Å². The van der Waals surface area contributed by atoms with Crippen LogP contribution in [-0.4, -0.2) is 47.4 Å². The molecule has 124 valence electrons. The predicted octanol–water partition coefficient (Wildman–Crippen LogP) is 2.13. The van der Waals surface area contributed by atoms with Crippen LogP contribution >= 0.6 is 15.9 Å². The van der Waals surface area contributed by atoms with Crippen molar-refractivity contribution >= 4 is 39.4 Å². The highest BCUT2D eigenvalue weighted by molar-refractivity contribution is 9.10. The Morgan fingerprint density at radius 2 is 2.09 bits per heavy atom. The Balaban J connectivity index is 2.15. The third kappa shape index (κ3) is 3.90. The number of benzene rings is 1. The molecular weight excluding hydrogens is 364 g/mol. The van der Waals surface area contributed by atoms with E-state index in [-0.39, 0.29) is 12.5 Å². The second-order valence-corrected chi connectivity index (χ2v) is 6.29. The van der Waals surface area contributed by atoms with E-state index in [4.69, 9.17) is 5.11 Å². The van der Waals surface area contributed by atoms with Gasteiger partial charge in [-0.25, -0.2) is 0 Å². The van der Waals surface area contributed by atoms with Gasteiger partial charge in [0.05, 0.1) is 5.69 Å². The number of rotatable bonds is 6. The van der Waals surface area contributed by atoms with Gasteiger partial charge in [0.25, 0.3) is 0 Å². The van der Waals surface area contributed by atoms with Crippen molar-refractivity contribution in [2.24, 2.45) is 5.92 Å². The maximum Gasteiger partial charge on any atom is 0.323 e. The zero-order valence-corrected chi connectivity index (χ0v) is 14.5. The first-order valence-corrected chi connectivity index (χ1v) is 8.31. The molecule has 1 unspecified atom stereocenters. The summed E-state index contributed by atoms with van der Waals surface area (Å²) in [6, 6.07) is 7.34. The summed E-state index contributed by atoms with van der Waals surface area (Å²) < 4.78 is 0.789. The molecule has 1 aliphatic rings. The molecule has 0 saturated carbocycles. The number of carbonyl (C=O) groups excluding carboxylic acids is 2. The lowest BCUT2D eigenvalue weighted by molar-refractivity contribution is -0.148. The molecule has 0 spiro atoms. The highest BCUT2D eigenvalue weighted by Crippen LogP contribution is 2.32. The second-order valence-electron chi connectivity index (χ2n) is 5.44. The summed E-state index contributed by atoms with van der Waals surface area (Å²) in [6.07, 6.45) is 1.05. The van der Waals surface area contributed by atoms with Gasteiger partial charge in [-0.15, -0.1) is 0 Å². The molecule has 0 radical (unpaired) electrons. The minimum Gasteiger partial charge on any atom is -0.480 e.